The third kappa shape index (κ3) is 4.62. The Kier molecular flexibility index (Phi) is 5.91. The summed E-state index contributed by atoms with van der Waals surface area (Å²) in [5.41, 5.74) is 2.77. The lowest BCUT2D eigenvalue weighted by atomic mass is 10.2. The van der Waals surface area contributed by atoms with Gasteiger partial charge in [-0.15, -0.1) is 11.3 Å². The highest BCUT2D eigenvalue weighted by Crippen LogP contribution is 2.21. The number of benzene rings is 2. The van der Waals surface area contributed by atoms with E-state index in [0.29, 0.717) is 28.7 Å². The van der Waals surface area contributed by atoms with Crippen LogP contribution >= 0.6 is 22.9 Å². The molecule has 6 heteroatoms. The van der Waals surface area contributed by atoms with Crippen LogP contribution < -0.4 is 10.1 Å². The van der Waals surface area contributed by atoms with Crippen LogP contribution in [0.4, 0.5) is 0 Å². The zero-order valence-corrected chi connectivity index (χ0v) is 16.2. The third-order valence-corrected chi connectivity index (χ3v) is 5.33. The first-order chi connectivity index (χ1) is 12.5. The first-order valence-electron chi connectivity index (χ1n) is 8.20. The Labute approximate surface area is 161 Å². The molecule has 1 aromatic heterocycles. The number of amides is 1. The monoisotopic (exact) mass is 386 g/mol. The molecular formula is C20H19ClN2O2S. The van der Waals surface area contributed by atoms with Crippen molar-refractivity contribution in [3.8, 4) is 5.75 Å². The van der Waals surface area contributed by atoms with Gasteiger partial charge in [-0.25, -0.2) is 4.98 Å². The molecule has 1 N–H and O–H groups in total. The van der Waals surface area contributed by atoms with Gasteiger partial charge in [-0.2, -0.15) is 0 Å². The predicted octanol–water partition coefficient (Wildman–Crippen LogP) is 4.92. The second kappa shape index (κ2) is 8.34. The quantitative estimate of drug-likeness (QED) is 0.654. The summed E-state index contributed by atoms with van der Waals surface area (Å²) < 4.78 is 5.74. The summed E-state index contributed by atoms with van der Waals surface area (Å²) >= 11 is 7.47. The molecule has 0 atom stereocenters. The molecule has 0 aliphatic heterocycles. The number of halogens is 1. The van der Waals surface area contributed by atoms with E-state index in [0.717, 1.165) is 16.3 Å². The zero-order valence-electron chi connectivity index (χ0n) is 14.6. The van der Waals surface area contributed by atoms with Gasteiger partial charge in [-0.1, -0.05) is 47.5 Å². The summed E-state index contributed by atoms with van der Waals surface area (Å²) in [7, 11) is 0. The highest BCUT2D eigenvalue weighted by molar-refractivity contribution is 7.13. The number of aromatic nitrogens is 1. The van der Waals surface area contributed by atoms with E-state index in [-0.39, 0.29) is 5.91 Å². The molecule has 3 rings (SSSR count). The lowest BCUT2D eigenvalue weighted by Crippen LogP contribution is -2.22. The van der Waals surface area contributed by atoms with Crippen molar-refractivity contribution in [3.63, 3.8) is 0 Å². The number of hydrogen-bond acceptors (Lipinski definition) is 4. The number of nitrogens with one attached hydrogen (secondary N) is 1. The normalized spacial score (nSPS) is 10.6. The van der Waals surface area contributed by atoms with Gasteiger partial charge in [-0.05, 0) is 37.6 Å². The van der Waals surface area contributed by atoms with Crippen LogP contribution in [0, 0.1) is 13.8 Å². The van der Waals surface area contributed by atoms with E-state index in [1.807, 2.05) is 62.4 Å². The molecule has 26 heavy (non-hydrogen) atoms. The van der Waals surface area contributed by atoms with E-state index < -0.39 is 0 Å². The maximum Gasteiger partial charge on any atom is 0.263 e. The van der Waals surface area contributed by atoms with Gasteiger partial charge in [0, 0.05) is 11.6 Å². The smallest absolute Gasteiger partial charge is 0.263 e. The molecule has 3 aromatic rings. The highest BCUT2D eigenvalue weighted by atomic mass is 35.5. The first kappa shape index (κ1) is 18.4. The number of nitrogens with zero attached hydrogens (tertiary/aromatic N) is 1. The summed E-state index contributed by atoms with van der Waals surface area (Å²) in [5.74, 6) is 0.634. The predicted molar refractivity (Wildman–Crippen MR) is 105 cm³/mol. The Morgan fingerprint density at radius 1 is 1.15 bits per heavy atom. The van der Waals surface area contributed by atoms with Gasteiger partial charge in [0.15, 0.2) is 0 Å². The second-order valence-corrected chi connectivity index (χ2v) is 7.39. The van der Waals surface area contributed by atoms with Crippen LogP contribution in [0.15, 0.2) is 48.5 Å². The molecule has 1 amide bonds. The lowest BCUT2D eigenvalue weighted by molar-refractivity contribution is 0.0954. The van der Waals surface area contributed by atoms with Crippen molar-refractivity contribution < 1.29 is 9.53 Å². The largest absolute Gasteiger partial charge is 0.486 e. The van der Waals surface area contributed by atoms with Crippen LogP contribution in [0.25, 0.3) is 0 Å². The van der Waals surface area contributed by atoms with Crippen molar-refractivity contribution in [2.75, 3.05) is 0 Å². The molecule has 0 bridgehead atoms. The number of thiazole rings is 1. The van der Waals surface area contributed by atoms with E-state index in [1.54, 1.807) is 0 Å². The summed E-state index contributed by atoms with van der Waals surface area (Å²) in [6.45, 7) is 4.58. The van der Waals surface area contributed by atoms with Gasteiger partial charge in [0.05, 0.1) is 5.69 Å². The maximum absolute atomic E-state index is 12.5. The first-order valence-corrected chi connectivity index (χ1v) is 9.40. The molecule has 0 aliphatic rings. The van der Waals surface area contributed by atoms with Crippen molar-refractivity contribution in [1.82, 2.24) is 10.3 Å². The molecule has 2 aromatic carbocycles. The van der Waals surface area contributed by atoms with Crippen LogP contribution in [0.2, 0.25) is 5.02 Å². The minimum Gasteiger partial charge on any atom is -0.486 e. The fourth-order valence-corrected chi connectivity index (χ4v) is 3.50. The molecule has 0 aliphatic carbocycles. The topological polar surface area (TPSA) is 51.2 Å². The molecule has 0 saturated carbocycles. The van der Waals surface area contributed by atoms with Crippen molar-refractivity contribution >= 4 is 28.8 Å². The van der Waals surface area contributed by atoms with Gasteiger partial charge in [-0.3, -0.25) is 4.79 Å². The zero-order chi connectivity index (χ0) is 18.5. The van der Waals surface area contributed by atoms with Gasteiger partial charge in [0.25, 0.3) is 5.91 Å². The van der Waals surface area contributed by atoms with Gasteiger partial charge in [0.1, 0.15) is 22.2 Å². The molecule has 0 fully saturated rings. The average Bonchev–Trinajstić information content (AvgIpc) is 3.01. The fraction of sp³-hybridized carbons (Fsp3) is 0.200. The second-order valence-electron chi connectivity index (χ2n) is 5.90. The SMILES string of the molecule is Cc1ccc(OCc2nc(C)c(C(=O)NCc3ccccc3Cl)s2)cc1. The highest BCUT2D eigenvalue weighted by Gasteiger charge is 2.15. The number of hydrogen-bond donors (Lipinski definition) is 1. The van der Waals surface area contributed by atoms with Crippen LogP contribution in [0.3, 0.4) is 0 Å². The molecule has 0 unspecified atom stereocenters. The van der Waals surface area contributed by atoms with E-state index in [2.05, 4.69) is 10.3 Å². The summed E-state index contributed by atoms with van der Waals surface area (Å²) in [5, 5.41) is 4.31. The molecular weight excluding hydrogens is 368 g/mol. The molecule has 4 nitrogen and oxygen atoms in total. The van der Waals surface area contributed by atoms with Crippen molar-refractivity contribution in [3.05, 3.63) is 80.3 Å². The minimum atomic E-state index is -0.151. The number of aryl methyl sites for hydroxylation is 2. The summed E-state index contributed by atoms with van der Waals surface area (Å²) in [6, 6.07) is 15.3. The van der Waals surface area contributed by atoms with E-state index in [9.17, 15) is 4.79 Å². The van der Waals surface area contributed by atoms with Gasteiger partial charge in [0.2, 0.25) is 0 Å². The van der Waals surface area contributed by atoms with Crippen LogP contribution in [-0.4, -0.2) is 10.9 Å². The van der Waals surface area contributed by atoms with E-state index in [1.165, 1.54) is 16.9 Å². The Bertz CT molecular complexity index is 906. The van der Waals surface area contributed by atoms with Crippen molar-refractivity contribution in [1.29, 1.82) is 0 Å². The van der Waals surface area contributed by atoms with Gasteiger partial charge >= 0.3 is 0 Å². The van der Waals surface area contributed by atoms with Crippen molar-refractivity contribution in [2.45, 2.75) is 27.0 Å². The molecule has 134 valence electrons. The Morgan fingerprint density at radius 3 is 2.62 bits per heavy atom. The maximum atomic E-state index is 12.5. The molecule has 0 saturated heterocycles. The average molecular weight is 387 g/mol. The molecule has 0 radical (unpaired) electrons. The summed E-state index contributed by atoms with van der Waals surface area (Å²) in [6.07, 6.45) is 0. The van der Waals surface area contributed by atoms with Crippen LogP contribution in [-0.2, 0) is 13.2 Å². The third-order valence-electron chi connectivity index (χ3n) is 3.83. The van der Waals surface area contributed by atoms with Crippen LogP contribution in [0.5, 0.6) is 5.75 Å². The standard InChI is InChI=1S/C20H19ClN2O2S/c1-13-7-9-16(10-8-13)25-12-18-23-14(2)19(26-18)20(24)22-11-15-5-3-4-6-17(15)21/h3-10H,11-12H2,1-2H3,(H,22,24). The van der Waals surface area contributed by atoms with Crippen LogP contribution in [0.1, 0.15) is 31.5 Å². The van der Waals surface area contributed by atoms with Gasteiger partial charge < -0.3 is 10.1 Å². The Balaban J connectivity index is 1.61. The number of ether oxygens (including phenoxy) is 1. The van der Waals surface area contributed by atoms with Crippen molar-refractivity contribution in [2.24, 2.45) is 0 Å². The number of carbonyl (C=O) groups is 1. The Morgan fingerprint density at radius 2 is 1.88 bits per heavy atom. The molecule has 1 heterocycles. The lowest BCUT2D eigenvalue weighted by Gasteiger charge is -2.06. The molecule has 0 spiro atoms. The minimum absolute atomic E-state index is 0.151. The van der Waals surface area contributed by atoms with E-state index >= 15 is 0 Å². The number of rotatable bonds is 6. The van der Waals surface area contributed by atoms with E-state index in [4.69, 9.17) is 16.3 Å². The summed E-state index contributed by atoms with van der Waals surface area (Å²) in [4.78, 5) is 17.5. The Hall–Kier alpha value is -2.37. The number of carbonyl (C=O) groups excluding carboxylic acids is 1. The fourth-order valence-electron chi connectivity index (χ4n) is 2.40.